The van der Waals surface area contributed by atoms with Gasteiger partial charge in [-0.2, -0.15) is 0 Å². The van der Waals surface area contributed by atoms with Gasteiger partial charge in [0, 0.05) is 20.2 Å². The van der Waals surface area contributed by atoms with E-state index in [4.69, 9.17) is 10.5 Å². The first-order chi connectivity index (χ1) is 8.13. The number of rotatable bonds is 4. The van der Waals surface area contributed by atoms with Crippen molar-refractivity contribution < 1.29 is 9.53 Å². The molecule has 0 bridgehead atoms. The third-order valence-electron chi connectivity index (χ3n) is 2.84. The smallest absolute Gasteiger partial charge is 0.265 e. The standard InChI is InChI=1S/C10H16N4O2S/c1-12-10-14-8(11)7(17-10)9(15)13-5-3-6(4-5)16-2/h5-6H,3-4,11H2,1-2H3,(H,12,14)(H,13,15). The molecule has 4 N–H and O–H groups in total. The number of carbonyl (C=O) groups excluding carboxylic acids is 1. The van der Waals surface area contributed by atoms with Crippen LogP contribution >= 0.6 is 11.3 Å². The van der Waals surface area contributed by atoms with Crippen molar-refractivity contribution in [2.24, 2.45) is 0 Å². The number of hydrogen-bond acceptors (Lipinski definition) is 6. The molecule has 7 heteroatoms. The Morgan fingerprint density at radius 2 is 2.29 bits per heavy atom. The summed E-state index contributed by atoms with van der Waals surface area (Å²) in [7, 11) is 3.43. The van der Waals surface area contributed by atoms with Crippen LogP contribution in [0.5, 0.6) is 0 Å². The fourth-order valence-corrected chi connectivity index (χ4v) is 2.47. The summed E-state index contributed by atoms with van der Waals surface area (Å²) in [5.74, 6) is 0.125. The van der Waals surface area contributed by atoms with Crippen molar-refractivity contribution in [1.29, 1.82) is 0 Å². The molecule has 1 heterocycles. The Balaban J connectivity index is 1.93. The summed E-state index contributed by atoms with van der Waals surface area (Å²) in [5.41, 5.74) is 5.68. The highest BCUT2D eigenvalue weighted by molar-refractivity contribution is 7.18. The zero-order chi connectivity index (χ0) is 12.4. The molecule has 0 unspecified atom stereocenters. The van der Waals surface area contributed by atoms with Crippen LogP contribution in [0.3, 0.4) is 0 Å². The normalized spacial score (nSPS) is 22.9. The molecule has 1 amide bonds. The number of aromatic nitrogens is 1. The van der Waals surface area contributed by atoms with Crippen LogP contribution in [0.4, 0.5) is 10.9 Å². The summed E-state index contributed by atoms with van der Waals surface area (Å²) in [5, 5.41) is 6.44. The number of nitrogens with one attached hydrogen (secondary N) is 2. The Bertz CT molecular complexity index is 414. The van der Waals surface area contributed by atoms with E-state index in [-0.39, 0.29) is 23.9 Å². The highest BCUT2D eigenvalue weighted by atomic mass is 32.1. The predicted molar refractivity (Wildman–Crippen MR) is 67.4 cm³/mol. The Labute approximate surface area is 104 Å². The number of nitrogens with zero attached hydrogens (tertiary/aromatic N) is 1. The SMILES string of the molecule is CNc1nc(N)c(C(=O)NC2CC(OC)C2)s1. The second-order valence-corrected chi connectivity index (χ2v) is 4.98. The fourth-order valence-electron chi connectivity index (χ4n) is 1.73. The van der Waals surface area contributed by atoms with Crippen LogP contribution in [-0.4, -0.2) is 37.2 Å². The van der Waals surface area contributed by atoms with Crippen molar-refractivity contribution in [3.63, 3.8) is 0 Å². The minimum atomic E-state index is -0.152. The molecule has 1 aromatic rings. The number of thiazole rings is 1. The molecule has 0 atom stereocenters. The molecule has 1 fully saturated rings. The van der Waals surface area contributed by atoms with Crippen LogP contribution in [0, 0.1) is 0 Å². The number of nitrogens with two attached hydrogens (primary N) is 1. The average Bonchev–Trinajstić information content (AvgIpc) is 2.64. The molecule has 6 nitrogen and oxygen atoms in total. The summed E-state index contributed by atoms with van der Waals surface area (Å²) in [6.07, 6.45) is 1.99. The van der Waals surface area contributed by atoms with Gasteiger partial charge in [-0.3, -0.25) is 4.79 Å². The van der Waals surface area contributed by atoms with Crippen LogP contribution < -0.4 is 16.4 Å². The molecular formula is C10H16N4O2S. The molecule has 0 aromatic carbocycles. The van der Waals surface area contributed by atoms with Crippen molar-refractivity contribution in [1.82, 2.24) is 10.3 Å². The van der Waals surface area contributed by atoms with E-state index < -0.39 is 0 Å². The zero-order valence-corrected chi connectivity index (χ0v) is 10.6. The van der Waals surface area contributed by atoms with E-state index in [9.17, 15) is 4.79 Å². The summed E-state index contributed by atoms with van der Waals surface area (Å²) in [4.78, 5) is 16.4. The maximum Gasteiger partial charge on any atom is 0.265 e. The number of carbonyl (C=O) groups is 1. The number of ether oxygens (including phenoxy) is 1. The van der Waals surface area contributed by atoms with Crippen molar-refractivity contribution >= 4 is 28.2 Å². The van der Waals surface area contributed by atoms with E-state index in [0.29, 0.717) is 10.0 Å². The molecule has 1 aromatic heterocycles. The number of hydrogen-bond donors (Lipinski definition) is 3. The quantitative estimate of drug-likeness (QED) is 0.737. The fraction of sp³-hybridized carbons (Fsp3) is 0.600. The second-order valence-electron chi connectivity index (χ2n) is 3.98. The van der Waals surface area contributed by atoms with Gasteiger partial charge >= 0.3 is 0 Å². The molecule has 17 heavy (non-hydrogen) atoms. The lowest BCUT2D eigenvalue weighted by Gasteiger charge is -2.34. The maximum atomic E-state index is 11.9. The Morgan fingerprint density at radius 3 is 2.82 bits per heavy atom. The van der Waals surface area contributed by atoms with Gasteiger partial charge in [0.15, 0.2) is 5.13 Å². The first-order valence-electron chi connectivity index (χ1n) is 5.41. The van der Waals surface area contributed by atoms with Crippen molar-refractivity contribution in [2.45, 2.75) is 25.0 Å². The van der Waals surface area contributed by atoms with Crippen molar-refractivity contribution in [3.8, 4) is 0 Å². The highest BCUT2D eigenvalue weighted by Gasteiger charge is 2.31. The van der Waals surface area contributed by atoms with Crippen LogP contribution in [0.1, 0.15) is 22.5 Å². The lowest BCUT2D eigenvalue weighted by atomic mass is 9.89. The molecule has 94 valence electrons. The van der Waals surface area contributed by atoms with Crippen LogP contribution in [-0.2, 0) is 4.74 Å². The molecular weight excluding hydrogens is 240 g/mol. The molecule has 1 aliphatic carbocycles. The van der Waals surface area contributed by atoms with E-state index in [1.165, 1.54) is 11.3 Å². The molecule has 0 radical (unpaired) electrons. The van der Waals surface area contributed by atoms with E-state index in [2.05, 4.69) is 15.6 Å². The summed E-state index contributed by atoms with van der Waals surface area (Å²) in [6, 6.07) is 0.187. The van der Waals surface area contributed by atoms with Crippen LogP contribution in [0.2, 0.25) is 0 Å². The molecule has 1 aliphatic rings. The Hall–Kier alpha value is -1.34. The number of amides is 1. The topological polar surface area (TPSA) is 89.3 Å². The molecule has 1 saturated carbocycles. The molecule has 0 aliphatic heterocycles. The van der Waals surface area contributed by atoms with E-state index in [1.54, 1.807) is 14.2 Å². The number of anilines is 2. The van der Waals surface area contributed by atoms with Crippen molar-refractivity contribution in [3.05, 3.63) is 4.88 Å². The number of nitrogen functional groups attached to an aromatic ring is 1. The summed E-state index contributed by atoms with van der Waals surface area (Å²) in [6.45, 7) is 0. The average molecular weight is 256 g/mol. The van der Waals surface area contributed by atoms with Crippen LogP contribution in [0.25, 0.3) is 0 Å². The molecule has 2 rings (SSSR count). The van der Waals surface area contributed by atoms with E-state index >= 15 is 0 Å². The molecule has 0 saturated heterocycles. The highest BCUT2D eigenvalue weighted by Crippen LogP contribution is 2.27. The van der Waals surface area contributed by atoms with Gasteiger partial charge in [-0.25, -0.2) is 4.98 Å². The lowest BCUT2D eigenvalue weighted by molar-refractivity contribution is 0.0177. The minimum Gasteiger partial charge on any atom is -0.382 e. The Kier molecular flexibility index (Phi) is 3.49. The van der Waals surface area contributed by atoms with E-state index in [1.807, 2.05) is 0 Å². The third-order valence-corrected chi connectivity index (χ3v) is 3.92. The largest absolute Gasteiger partial charge is 0.382 e. The first-order valence-corrected chi connectivity index (χ1v) is 6.23. The van der Waals surface area contributed by atoms with Crippen molar-refractivity contribution in [2.75, 3.05) is 25.2 Å². The summed E-state index contributed by atoms with van der Waals surface area (Å²) >= 11 is 1.26. The van der Waals surface area contributed by atoms with Gasteiger partial charge in [0.05, 0.1) is 6.10 Å². The van der Waals surface area contributed by atoms with Gasteiger partial charge in [0.25, 0.3) is 5.91 Å². The predicted octanol–water partition coefficient (Wildman–Crippen LogP) is 0.674. The van der Waals surface area contributed by atoms with Gasteiger partial charge in [-0.15, -0.1) is 0 Å². The molecule has 0 spiro atoms. The van der Waals surface area contributed by atoms with Gasteiger partial charge in [0.2, 0.25) is 0 Å². The van der Waals surface area contributed by atoms with Crippen LogP contribution in [0.15, 0.2) is 0 Å². The zero-order valence-electron chi connectivity index (χ0n) is 9.82. The van der Waals surface area contributed by atoms with E-state index in [0.717, 1.165) is 12.8 Å². The van der Waals surface area contributed by atoms with Gasteiger partial charge < -0.3 is 21.1 Å². The maximum absolute atomic E-state index is 11.9. The number of methoxy groups -OCH3 is 1. The minimum absolute atomic E-state index is 0.152. The first kappa shape index (κ1) is 12.1. The van der Waals surface area contributed by atoms with Gasteiger partial charge in [-0.1, -0.05) is 11.3 Å². The van der Waals surface area contributed by atoms with Gasteiger partial charge in [0.1, 0.15) is 10.7 Å². The monoisotopic (exact) mass is 256 g/mol. The second kappa shape index (κ2) is 4.89. The lowest BCUT2D eigenvalue weighted by Crippen LogP contribution is -2.47. The van der Waals surface area contributed by atoms with Gasteiger partial charge in [-0.05, 0) is 12.8 Å². The third kappa shape index (κ3) is 2.50. The Morgan fingerprint density at radius 1 is 1.59 bits per heavy atom. The summed E-state index contributed by atoms with van der Waals surface area (Å²) < 4.78 is 5.15.